The summed E-state index contributed by atoms with van der Waals surface area (Å²) in [7, 11) is 0. The van der Waals surface area contributed by atoms with Gasteiger partial charge in [0.2, 0.25) is 0 Å². The first-order valence-electron chi connectivity index (χ1n) is 10.9. The summed E-state index contributed by atoms with van der Waals surface area (Å²) in [5, 5.41) is 5.18. The third kappa shape index (κ3) is 5.06. The molecule has 0 saturated carbocycles. The summed E-state index contributed by atoms with van der Waals surface area (Å²) in [6.45, 7) is 2.98. The Balaban J connectivity index is 1.56. The summed E-state index contributed by atoms with van der Waals surface area (Å²) in [4.78, 5) is 24.5. The molecule has 0 unspecified atom stereocenters. The number of halogens is 3. The molecule has 0 spiro atoms. The highest BCUT2D eigenvalue weighted by molar-refractivity contribution is 6.04. The number of nitrogens with one attached hydrogen (secondary N) is 2. The number of fused-ring (bicyclic) bond motifs is 1. The number of rotatable bonds is 7. The van der Waals surface area contributed by atoms with Crippen LogP contribution in [0.5, 0.6) is 5.75 Å². The molecule has 0 bridgehead atoms. The lowest BCUT2D eigenvalue weighted by atomic mass is 9.95. The second-order valence-electron chi connectivity index (χ2n) is 7.99. The van der Waals surface area contributed by atoms with Gasteiger partial charge >= 0.3 is 6.18 Å². The van der Waals surface area contributed by atoms with Crippen molar-refractivity contribution in [3.05, 3.63) is 82.9 Å². The van der Waals surface area contributed by atoms with Crippen LogP contribution in [0, 0.1) is 0 Å². The minimum atomic E-state index is -4.66. The van der Waals surface area contributed by atoms with Gasteiger partial charge in [0.1, 0.15) is 5.75 Å². The van der Waals surface area contributed by atoms with E-state index in [0.29, 0.717) is 30.0 Å². The zero-order valence-corrected chi connectivity index (χ0v) is 18.5. The molecule has 2 amide bonds. The van der Waals surface area contributed by atoms with E-state index in [9.17, 15) is 22.8 Å². The highest BCUT2D eigenvalue weighted by atomic mass is 19.4. The number of benzene rings is 3. The largest absolute Gasteiger partial charge is 0.494 e. The molecule has 2 N–H and O–H groups in total. The van der Waals surface area contributed by atoms with E-state index in [-0.39, 0.29) is 22.7 Å². The van der Waals surface area contributed by atoms with Gasteiger partial charge in [0.05, 0.1) is 12.2 Å². The van der Waals surface area contributed by atoms with Crippen molar-refractivity contribution in [1.82, 2.24) is 5.32 Å². The van der Waals surface area contributed by atoms with Crippen LogP contribution in [-0.4, -0.2) is 18.4 Å². The van der Waals surface area contributed by atoms with Crippen molar-refractivity contribution in [2.75, 3.05) is 11.9 Å². The molecule has 1 heterocycles. The number of ether oxygens (including phenoxy) is 1. The van der Waals surface area contributed by atoms with Gasteiger partial charge in [0, 0.05) is 23.4 Å². The van der Waals surface area contributed by atoms with Crippen LogP contribution in [0.1, 0.15) is 51.6 Å². The molecule has 3 aromatic carbocycles. The fourth-order valence-electron chi connectivity index (χ4n) is 3.73. The smallest absolute Gasteiger partial charge is 0.417 e. The molecule has 0 saturated heterocycles. The van der Waals surface area contributed by atoms with Gasteiger partial charge < -0.3 is 15.4 Å². The average molecular weight is 468 g/mol. The third-order valence-electron chi connectivity index (χ3n) is 5.57. The molecule has 4 rings (SSSR count). The van der Waals surface area contributed by atoms with Crippen LogP contribution >= 0.6 is 0 Å². The first kappa shape index (κ1) is 23.4. The summed E-state index contributed by atoms with van der Waals surface area (Å²) in [5.74, 6) is -0.219. The number of amides is 2. The van der Waals surface area contributed by atoms with E-state index in [1.54, 1.807) is 36.4 Å². The Kier molecular flexibility index (Phi) is 6.58. The summed E-state index contributed by atoms with van der Waals surface area (Å²) >= 11 is 0. The van der Waals surface area contributed by atoms with Gasteiger partial charge in [0.15, 0.2) is 0 Å². The van der Waals surface area contributed by atoms with Crippen LogP contribution < -0.4 is 15.4 Å². The molecule has 1 aliphatic rings. The van der Waals surface area contributed by atoms with Gasteiger partial charge in [-0.2, -0.15) is 13.2 Å². The Hall–Kier alpha value is -3.81. The molecular formula is C26H23F3N2O3. The maximum atomic E-state index is 13.9. The van der Waals surface area contributed by atoms with Gasteiger partial charge in [-0.25, -0.2) is 0 Å². The summed E-state index contributed by atoms with van der Waals surface area (Å²) in [6.07, 6.45) is -2.74. The van der Waals surface area contributed by atoms with Gasteiger partial charge in [0.25, 0.3) is 11.8 Å². The van der Waals surface area contributed by atoms with E-state index in [4.69, 9.17) is 4.74 Å². The topological polar surface area (TPSA) is 67.4 Å². The molecule has 0 aliphatic carbocycles. The zero-order chi connectivity index (χ0) is 24.3. The highest BCUT2D eigenvalue weighted by Gasteiger charge is 2.34. The second kappa shape index (κ2) is 9.59. The number of hydrogen-bond donors (Lipinski definition) is 2. The standard InChI is InChI=1S/C26H23F3N2O3/c1-2-3-12-34-20-9-6-16(7-10-20)24(32)31-19-8-11-21(23(14-19)26(27,28)29)17-4-5-18-15-30-25(33)22(18)13-17/h4-11,13-14H,2-3,12,15H2,1H3,(H,30,33)(H,31,32). The summed E-state index contributed by atoms with van der Waals surface area (Å²) in [6, 6.07) is 14.7. The minimum absolute atomic E-state index is 0.0169. The van der Waals surface area contributed by atoms with Crippen LogP contribution in [-0.2, 0) is 12.7 Å². The summed E-state index contributed by atoms with van der Waals surface area (Å²) < 4.78 is 47.2. The first-order chi connectivity index (χ1) is 16.3. The lowest BCUT2D eigenvalue weighted by Crippen LogP contribution is -2.14. The number of hydrogen-bond acceptors (Lipinski definition) is 3. The molecule has 1 aliphatic heterocycles. The normalized spacial score (nSPS) is 12.8. The van der Waals surface area contributed by atoms with E-state index in [2.05, 4.69) is 17.6 Å². The average Bonchev–Trinajstić information content (AvgIpc) is 3.19. The lowest BCUT2D eigenvalue weighted by Gasteiger charge is -2.16. The molecule has 0 radical (unpaired) electrons. The van der Waals surface area contributed by atoms with Crippen molar-refractivity contribution in [3.63, 3.8) is 0 Å². The molecule has 0 aromatic heterocycles. The molecule has 34 heavy (non-hydrogen) atoms. The third-order valence-corrected chi connectivity index (χ3v) is 5.57. The SMILES string of the molecule is CCCCOc1ccc(C(=O)Nc2ccc(-c3ccc4c(c3)C(=O)NC4)c(C(F)(F)F)c2)cc1. The Labute approximate surface area is 194 Å². The highest BCUT2D eigenvalue weighted by Crippen LogP contribution is 2.39. The molecule has 0 fully saturated rings. The predicted molar refractivity (Wildman–Crippen MR) is 123 cm³/mol. The first-order valence-corrected chi connectivity index (χ1v) is 10.9. The number of alkyl halides is 3. The van der Waals surface area contributed by atoms with E-state index in [0.717, 1.165) is 24.5 Å². The van der Waals surface area contributed by atoms with Crippen LogP contribution in [0.25, 0.3) is 11.1 Å². The van der Waals surface area contributed by atoms with Crippen molar-refractivity contribution in [1.29, 1.82) is 0 Å². The molecule has 5 nitrogen and oxygen atoms in total. The number of unbranched alkanes of at least 4 members (excludes halogenated alkanes) is 1. The summed E-state index contributed by atoms with van der Waals surface area (Å²) in [5.41, 5.74) is 0.732. The van der Waals surface area contributed by atoms with Crippen molar-refractivity contribution in [2.24, 2.45) is 0 Å². The Bertz CT molecular complexity index is 1220. The minimum Gasteiger partial charge on any atom is -0.494 e. The number of carbonyl (C=O) groups is 2. The second-order valence-corrected chi connectivity index (χ2v) is 7.99. The number of carbonyl (C=O) groups excluding carboxylic acids is 2. The van der Waals surface area contributed by atoms with Gasteiger partial charge in [-0.05, 0) is 65.6 Å². The van der Waals surface area contributed by atoms with E-state index in [1.807, 2.05) is 0 Å². The van der Waals surface area contributed by atoms with Crippen molar-refractivity contribution in [2.45, 2.75) is 32.5 Å². The molecule has 0 atom stereocenters. The quantitative estimate of drug-likeness (QED) is 0.415. The van der Waals surface area contributed by atoms with E-state index in [1.165, 1.54) is 18.2 Å². The van der Waals surface area contributed by atoms with Crippen LogP contribution in [0.3, 0.4) is 0 Å². The zero-order valence-electron chi connectivity index (χ0n) is 18.5. The van der Waals surface area contributed by atoms with Crippen molar-refractivity contribution in [3.8, 4) is 16.9 Å². The van der Waals surface area contributed by atoms with E-state index >= 15 is 0 Å². The number of anilines is 1. The van der Waals surface area contributed by atoms with Crippen molar-refractivity contribution < 1.29 is 27.5 Å². The van der Waals surface area contributed by atoms with E-state index < -0.39 is 17.6 Å². The van der Waals surface area contributed by atoms with Gasteiger partial charge in [-0.1, -0.05) is 31.5 Å². The van der Waals surface area contributed by atoms with Crippen LogP contribution in [0.2, 0.25) is 0 Å². The van der Waals surface area contributed by atoms with Gasteiger partial charge in [-0.3, -0.25) is 9.59 Å². The van der Waals surface area contributed by atoms with Gasteiger partial charge in [-0.15, -0.1) is 0 Å². The van der Waals surface area contributed by atoms with Crippen LogP contribution in [0.4, 0.5) is 18.9 Å². The Morgan fingerprint density at radius 3 is 2.50 bits per heavy atom. The van der Waals surface area contributed by atoms with Crippen molar-refractivity contribution >= 4 is 17.5 Å². The fourth-order valence-corrected chi connectivity index (χ4v) is 3.73. The molecule has 8 heteroatoms. The fraction of sp³-hybridized carbons (Fsp3) is 0.231. The molecule has 176 valence electrons. The Morgan fingerprint density at radius 1 is 1.03 bits per heavy atom. The Morgan fingerprint density at radius 2 is 1.79 bits per heavy atom. The predicted octanol–water partition coefficient (Wildman–Crippen LogP) is 6.05. The maximum Gasteiger partial charge on any atom is 0.417 e. The molecular weight excluding hydrogens is 445 g/mol. The maximum absolute atomic E-state index is 13.9. The monoisotopic (exact) mass is 468 g/mol. The van der Waals surface area contributed by atoms with Crippen LogP contribution in [0.15, 0.2) is 60.7 Å². The molecule has 3 aromatic rings. The lowest BCUT2D eigenvalue weighted by molar-refractivity contribution is -0.137.